The first-order valence-electron chi connectivity index (χ1n) is 7.19. The largest absolute Gasteiger partial charge is 0.487 e. The maximum Gasteiger partial charge on any atom is 0.251 e. The van der Waals surface area contributed by atoms with E-state index in [4.69, 9.17) is 10.5 Å². The van der Waals surface area contributed by atoms with Gasteiger partial charge in [0.05, 0.1) is 5.69 Å². The van der Waals surface area contributed by atoms with Crippen LogP contribution in [0.1, 0.15) is 28.8 Å². The van der Waals surface area contributed by atoms with Crippen molar-refractivity contribution in [3.05, 3.63) is 59.4 Å². The molecule has 0 heterocycles. The molecule has 3 rings (SSSR count). The Labute approximate surface area is 128 Å². The monoisotopic (exact) mass is 300 g/mol. The van der Waals surface area contributed by atoms with Gasteiger partial charge in [-0.1, -0.05) is 12.1 Å². The van der Waals surface area contributed by atoms with Gasteiger partial charge in [0, 0.05) is 11.6 Å². The number of ether oxygens (including phenoxy) is 1. The van der Waals surface area contributed by atoms with E-state index in [9.17, 15) is 9.18 Å². The third-order valence-corrected chi connectivity index (χ3v) is 3.47. The molecule has 1 fully saturated rings. The van der Waals surface area contributed by atoms with Gasteiger partial charge in [0.2, 0.25) is 0 Å². The fourth-order valence-electron chi connectivity index (χ4n) is 2.11. The van der Waals surface area contributed by atoms with Gasteiger partial charge in [0.1, 0.15) is 18.2 Å². The summed E-state index contributed by atoms with van der Waals surface area (Å²) < 4.78 is 18.7. The Morgan fingerprint density at radius 1 is 1.27 bits per heavy atom. The summed E-state index contributed by atoms with van der Waals surface area (Å²) in [6.07, 6.45) is 2.08. The van der Waals surface area contributed by atoms with Gasteiger partial charge >= 0.3 is 0 Å². The number of nitrogens with one attached hydrogen (secondary N) is 1. The lowest BCUT2D eigenvalue weighted by Gasteiger charge is -2.11. The van der Waals surface area contributed by atoms with Crippen LogP contribution < -0.4 is 15.8 Å². The molecule has 0 spiro atoms. The van der Waals surface area contributed by atoms with Gasteiger partial charge in [0.15, 0.2) is 0 Å². The number of benzene rings is 2. The molecule has 2 aromatic rings. The lowest BCUT2D eigenvalue weighted by atomic mass is 10.1. The third-order valence-electron chi connectivity index (χ3n) is 3.47. The Hall–Kier alpha value is -2.56. The molecule has 0 aromatic heterocycles. The lowest BCUT2D eigenvalue weighted by molar-refractivity contribution is 0.0951. The van der Waals surface area contributed by atoms with Gasteiger partial charge in [0.25, 0.3) is 5.91 Å². The summed E-state index contributed by atoms with van der Waals surface area (Å²) in [4.78, 5) is 11.9. The highest BCUT2D eigenvalue weighted by molar-refractivity contribution is 5.95. The zero-order valence-corrected chi connectivity index (χ0v) is 12.0. The van der Waals surface area contributed by atoms with Crippen LogP contribution in [0, 0.1) is 5.82 Å². The highest BCUT2D eigenvalue weighted by Crippen LogP contribution is 2.25. The molecule has 1 amide bonds. The van der Waals surface area contributed by atoms with Gasteiger partial charge in [-0.3, -0.25) is 4.79 Å². The number of carbonyl (C=O) groups is 1. The third kappa shape index (κ3) is 3.55. The van der Waals surface area contributed by atoms with Gasteiger partial charge in [-0.15, -0.1) is 0 Å². The maximum absolute atomic E-state index is 13.1. The Kier molecular flexibility index (Phi) is 3.96. The van der Waals surface area contributed by atoms with E-state index < -0.39 is 0 Å². The van der Waals surface area contributed by atoms with Crippen LogP contribution in [0.3, 0.4) is 0 Å². The van der Waals surface area contributed by atoms with Gasteiger partial charge < -0.3 is 15.8 Å². The van der Waals surface area contributed by atoms with Crippen molar-refractivity contribution < 1.29 is 13.9 Å². The van der Waals surface area contributed by atoms with Crippen LogP contribution in [-0.4, -0.2) is 11.9 Å². The van der Waals surface area contributed by atoms with Crippen molar-refractivity contribution >= 4 is 11.6 Å². The van der Waals surface area contributed by atoms with E-state index >= 15 is 0 Å². The van der Waals surface area contributed by atoms with Crippen molar-refractivity contribution in [1.29, 1.82) is 0 Å². The Balaban J connectivity index is 1.65. The predicted molar refractivity (Wildman–Crippen MR) is 82.1 cm³/mol. The summed E-state index contributed by atoms with van der Waals surface area (Å²) in [6, 6.07) is 11.4. The number of carbonyl (C=O) groups excluding carboxylic acids is 1. The van der Waals surface area contributed by atoms with Crippen molar-refractivity contribution in [2.24, 2.45) is 0 Å². The first-order chi connectivity index (χ1) is 10.6. The van der Waals surface area contributed by atoms with Crippen LogP contribution in [-0.2, 0) is 6.61 Å². The molecule has 2 aromatic carbocycles. The molecule has 0 bridgehead atoms. The van der Waals surface area contributed by atoms with Crippen LogP contribution in [0.2, 0.25) is 0 Å². The molecular formula is C17H17FN2O2. The van der Waals surface area contributed by atoms with Gasteiger partial charge in [-0.25, -0.2) is 4.39 Å². The molecule has 4 nitrogen and oxygen atoms in total. The minimum Gasteiger partial charge on any atom is -0.487 e. The predicted octanol–water partition coefficient (Wildman–Crippen LogP) is 2.88. The second-order valence-corrected chi connectivity index (χ2v) is 5.42. The van der Waals surface area contributed by atoms with E-state index in [1.165, 1.54) is 12.1 Å². The summed E-state index contributed by atoms with van der Waals surface area (Å²) in [7, 11) is 0. The molecule has 114 valence electrons. The number of nitrogen functional groups attached to an aromatic ring is 1. The topological polar surface area (TPSA) is 64.4 Å². The standard InChI is InChI=1S/C17H17FN2O2/c18-13-3-1-2-11(8-13)10-22-16-7-4-12(9-15(16)19)17(21)20-14-5-6-14/h1-4,7-9,14H,5-6,10,19H2,(H,20,21). The minimum atomic E-state index is -0.304. The smallest absolute Gasteiger partial charge is 0.251 e. The van der Waals surface area contributed by atoms with E-state index in [1.54, 1.807) is 30.3 Å². The van der Waals surface area contributed by atoms with Crippen molar-refractivity contribution in [3.63, 3.8) is 0 Å². The quantitative estimate of drug-likeness (QED) is 0.835. The molecule has 0 atom stereocenters. The van der Waals surface area contributed by atoms with Crippen molar-refractivity contribution in [2.45, 2.75) is 25.5 Å². The Morgan fingerprint density at radius 3 is 2.77 bits per heavy atom. The van der Waals surface area contributed by atoms with Crippen molar-refractivity contribution in [1.82, 2.24) is 5.32 Å². The van der Waals surface area contributed by atoms with Crippen LogP contribution >= 0.6 is 0 Å². The molecular weight excluding hydrogens is 283 g/mol. The Bertz CT molecular complexity index is 699. The number of anilines is 1. The zero-order valence-electron chi connectivity index (χ0n) is 12.0. The Morgan fingerprint density at radius 2 is 2.09 bits per heavy atom. The van der Waals surface area contributed by atoms with E-state index in [0.29, 0.717) is 23.0 Å². The first kappa shape index (κ1) is 14.4. The second kappa shape index (κ2) is 6.05. The average Bonchev–Trinajstić information content (AvgIpc) is 3.30. The fourth-order valence-corrected chi connectivity index (χ4v) is 2.11. The highest BCUT2D eigenvalue weighted by Gasteiger charge is 2.24. The van der Waals surface area contributed by atoms with Crippen LogP contribution in [0.4, 0.5) is 10.1 Å². The summed E-state index contributed by atoms with van der Waals surface area (Å²) >= 11 is 0. The number of halogens is 1. The molecule has 0 radical (unpaired) electrons. The average molecular weight is 300 g/mol. The molecule has 1 aliphatic rings. The number of hydrogen-bond acceptors (Lipinski definition) is 3. The molecule has 0 aliphatic heterocycles. The molecule has 3 N–H and O–H groups in total. The summed E-state index contributed by atoms with van der Waals surface area (Å²) in [6.45, 7) is 0.218. The lowest BCUT2D eigenvalue weighted by Crippen LogP contribution is -2.25. The number of amides is 1. The maximum atomic E-state index is 13.1. The van der Waals surface area contributed by atoms with E-state index in [0.717, 1.165) is 18.4 Å². The van der Waals surface area contributed by atoms with Gasteiger partial charge in [-0.2, -0.15) is 0 Å². The van der Waals surface area contributed by atoms with Crippen molar-refractivity contribution in [2.75, 3.05) is 5.73 Å². The first-order valence-corrected chi connectivity index (χ1v) is 7.19. The minimum absolute atomic E-state index is 0.120. The SMILES string of the molecule is Nc1cc(C(=O)NC2CC2)ccc1OCc1cccc(F)c1. The van der Waals surface area contributed by atoms with Crippen LogP contribution in [0.5, 0.6) is 5.75 Å². The number of rotatable bonds is 5. The zero-order chi connectivity index (χ0) is 15.5. The molecule has 22 heavy (non-hydrogen) atoms. The number of hydrogen-bond donors (Lipinski definition) is 2. The molecule has 0 unspecified atom stereocenters. The normalized spacial score (nSPS) is 13.7. The van der Waals surface area contributed by atoms with Gasteiger partial charge in [-0.05, 0) is 48.7 Å². The van der Waals surface area contributed by atoms with Crippen LogP contribution in [0.25, 0.3) is 0 Å². The molecule has 1 aliphatic carbocycles. The molecule has 0 saturated heterocycles. The summed E-state index contributed by atoms with van der Waals surface area (Å²) in [5, 5.41) is 2.90. The van der Waals surface area contributed by atoms with E-state index in [-0.39, 0.29) is 18.3 Å². The molecule has 1 saturated carbocycles. The number of nitrogens with two attached hydrogens (primary N) is 1. The summed E-state index contributed by atoms with van der Waals surface area (Å²) in [5.74, 6) is 0.0549. The molecule has 5 heteroatoms. The summed E-state index contributed by atoms with van der Waals surface area (Å²) in [5.41, 5.74) is 7.54. The van der Waals surface area contributed by atoms with E-state index in [2.05, 4.69) is 5.32 Å². The van der Waals surface area contributed by atoms with Crippen molar-refractivity contribution in [3.8, 4) is 5.75 Å². The highest BCUT2D eigenvalue weighted by atomic mass is 19.1. The second-order valence-electron chi connectivity index (χ2n) is 5.42. The fraction of sp³-hybridized carbons (Fsp3) is 0.235. The van der Waals surface area contributed by atoms with Crippen LogP contribution in [0.15, 0.2) is 42.5 Å². The van der Waals surface area contributed by atoms with E-state index in [1.807, 2.05) is 0 Å².